The number of rotatable bonds is 3. The quantitative estimate of drug-likeness (QED) is 0.723. The molecule has 1 aliphatic heterocycles. The molecule has 0 aliphatic carbocycles. The van der Waals surface area contributed by atoms with Crippen molar-refractivity contribution in [3.05, 3.63) is 25.0 Å². The molecular weight excluding hydrogens is 241 g/mol. The molecule has 0 saturated carbocycles. The van der Waals surface area contributed by atoms with Crippen molar-refractivity contribution in [3.8, 4) is 0 Å². The summed E-state index contributed by atoms with van der Waals surface area (Å²) in [4.78, 5) is 0. The first-order valence-electron chi connectivity index (χ1n) is 5.08. The largest absolute Gasteiger partial charge is 0.466 e. The second-order valence-electron chi connectivity index (χ2n) is 3.87. The Bertz CT molecular complexity index is 265. The lowest BCUT2D eigenvalue weighted by atomic mass is 10.9. The Morgan fingerprint density at radius 2 is 0.941 bits per heavy atom. The fraction of sp³-hybridized carbons (Fsp3) is 0.600. The van der Waals surface area contributed by atoms with Crippen LogP contribution in [0, 0.1) is 0 Å². The highest BCUT2D eigenvalue weighted by Gasteiger charge is 2.30. The Kier molecular flexibility index (Phi) is 7.15. The lowest BCUT2D eigenvalue weighted by Crippen LogP contribution is -2.30. The van der Waals surface area contributed by atoms with E-state index >= 15 is 0 Å². The van der Waals surface area contributed by atoms with Crippen molar-refractivity contribution in [1.29, 1.82) is 0 Å². The molecule has 0 atom stereocenters. The molecule has 0 unspecified atom stereocenters. The summed E-state index contributed by atoms with van der Waals surface area (Å²) in [5.41, 5.74) is 0. The van der Waals surface area contributed by atoms with Crippen molar-refractivity contribution >= 4 is 7.59 Å². The molecule has 100 valence electrons. The van der Waals surface area contributed by atoms with Crippen molar-refractivity contribution in [2.75, 3.05) is 42.3 Å². The van der Waals surface area contributed by atoms with Gasteiger partial charge in [0, 0.05) is 0 Å². The molecule has 1 rings (SSSR count). The van der Waals surface area contributed by atoms with Crippen LogP contribution in [0.1, 0.15) is 0 Å². The van der Waals surface area contributed by atoms with Gasteiger partial charge in [-0.3, -0.25) is 4.57 Å². The smallest absolute Gasteiger partial charge is 0.285 e. The maximum atomic E-state index is 12.1. The third-order valence-corrected chi connectivity index (χ3v) is 5.12. The summed E-state index contributed by atoms with van der Waals surface area (Å²) in [6.45, 7) is 0. The minimum absolute atomic E-state index is 1.46. The average molecular weight is 263 g/mol. The number of nitrogens with zero attached hydrogens (tertiary/aromatic N) is 3. The molecule has 0 aromatic carbocycles. The number of ether oxygens (including phenoxy) is 2. The molecule has 0 aromatic rings. The molecule has 0 radical (unpaired) electrons. The molecular formula is C10H22N3O3P. The molecule has 0 spiro atoms. The van der Waals surface area contributed by atoms with Gasteiger partial charge in [-0.1, -0.05) is 0 Å². The molecule has 17 heavy (non-hydrogen) atoms. The highest BCUT2D eigenvalue weighted by atomic mass is 31.2. The van der Waals surface area contributed by atoms with E-state index in [2.05, 4.69) is 9.47 Å². The summed E-state index contributed by atoms with van der Waals surface area (Å²) < 4.78 is 26.5. The second-order valence-corrected chi connectivity index (χ2v) is 7.30. The first-order chi connectivity index (χ1) is 7.83. The van der Waals surface area contributed by atoms with Crippen molar-refractivity contribution in [2.24, 2.45) is 0 Å². The van der Waals surface area contributed by atoms with E-state index in [0.717, 1.165) is 0 Å². The van der Waals surface area contributed by atoms with Crippen LogP contribution in [0.4, 0.5) is 0 Å². The van der Waals surface area contributed by atoms with Gasteiger partial charge in [-0.25, -0.2) is 14.0 Å². The monoisotopic (exact) mass is 263 g/mol. The maximum Gasteiger partial charge on any atom is 0.285 e. The summed E-state index contributed by atoms with van der Waals surface area (Å²) in [6.07, 6.45) is 5.83. The fourth-order valence-corrected chi connectivity index (χ4v) is 3.44. The van der Waals surface area contributed by atoms with Crippen LogP contribution in [0.25, 0.3) is 0 Å². The van der Waals surface area contributed by atoms with Gasteiger partial charge in [-0.15, -0.1) is 0 Å². The van der Waals surface area contributed by atoms with Gasteiger partial charge in [0.25, 0.3) is 7.59 Å². The summed E-state index contributed by atoms with van der Waals surface area (Å²) >= 11 is 0. The Labute approximate surface area is 104 Å². The third kappa shape index (κ3) is 4.91. The molecule has 0 amide bonds. The van der Waals surface area contributed by atoms with E-state index in [-0.39, 0.29) is 0 Å². The van der Waals surface area contributed by atoms with Gasteiger partial charge in [0.1, 0.15) is 25.0 Å². The predicted molar refractivity (Wildman–Crippen MR) is 69.1 cm³/mol. The average Bonchev–Trinajstić information content (AvgIpc) is 2.30. The molecule has 0 N–H and O–H groups in total. The van der Waals surface area contributed by atoms with E-state index in [9.17, 15) is 4.57 Å². The molecule has 0 bridgehead atoms. The SMILES string of the molecule is C1=COC=CO1.CN(C)P(=O)(N(C)C)N(C)C. The van der Waals surface area contributed by atoms with Crippen LogP contribution in [0.15, 0.2) is 25.0 Å². The van der Waals surface area contributed by atoms with Gasteiger partial charge in [-0.05, 0) is 42.3 Å². The molecule has 1 heterocycles. The van der Waals surface area contributed by atoms with Crippen molar-refractivity contribution in [2.45, 2.75) is 0 Å². The Morgan fingerprint density at radius 3 is 1.00 bits per heavy atom. The van der Waals surface area contributed by atoms with Crippen LogP contribution in [0.3, 0.4) is 0 Å². The fourth-order valence-electron chi connectivity index (χ4n) is 1.29. The van der Waals surface area contributed by atoms with E-state index in [4.69, 9.17) is 0 Å². The Morgan fingerprint density at radius 1 is 0.706 bits per heavy atom. The predicted octanol–water partition coefficient (Wildman–Crippen LogP) is 1.75. The minimum Gasteiger partial charge on any atom is -0.466 e. The highest BCUT2D eigenvalue weighted by molar-refractivity contribution is 7.56. The van der Waals surface area contributed by atoms with Gasteiger partial charge in [0.05, 0.1) is 0 Å². The second kappa shape index (κ2) is 7.50. The summed E-state index contributed by atoms with van der Waals surface area (Å²) in [7, 11) is 8.49. The zero-order valence-electron chi connectivity index (χ0n) is 11.3. The van der Waals surface area contributed by atoms with Crippen LogP contribution >= 0.6 is 7.59 Å². The van der Waals surface area contributed by atoms with Gasteiger partial charge in [-0.2, -0.15) is 0 Å². The van der Waals surface area contributed by atoms with E-state index in [1.165, 1.54) is 25.0 Å². The van der Waals surface area contributed by atoms with Crippen LogP contribution < -0.4 is 0 Å². The van der Waals surface area contributed by atoms with Crippen molar-refractivity contribution in [1.82, 2.24) is 14.0 Å². The maximum absolute atomic E-state index is 12.1. The minimum atomic E-state index is -2.44. The van der Waals surface area contributed by atoms with Crippen molar-refractivity contribution in [3.63, 3.8) is 0 Å². The highest BCUT2D eigenvalue weighted by Crippen LogP contribution is 2.50. The normalized spacial score (nSPS) is 14.4. The lowest BCUT2D eigenvalue weighted by Gasteiger charge is -2.34. The molecule has 1 aliphatic rings. The molecule has 0 fully saturated rings. The lowest BCUT2D eigenvalue weighted by molar-refractivity contribution is 0.290. The van der Waals surface area contributed by atoms with E-state index in [0.29, 0.717) is 0 Å². The van der Waals surface area contributed by atoms with E-state index in [1.54, 1.807) is 14.0 Å². The molecule has 7 heteroatoms. The Hall–Kier alpha value is -0.810. The van der Waals surface area contributed by atoms with Crippen LogP contribution in [0.2, 0.25) is 0 Å². The van der Waals surface area contributed by atoms with Gasteiger partial charge < -0.3 is 9.47 Å². The van der Waals surface area contributed by atoms with Gasteiger partial charge in [0.2, 0.25) is 0 Å². The molecule has 0 saturated heterocycles. The van der Waals surface area contributed by atoms with Crippen LogP contribution in [-0.4, -0.2) is 56.3 Å². The molecule has 6 nitrogen and oxygen atoms in total. The third-order valence-electron chi connectivity index (χ3n) is 1.99. The summed E-state index contributed by atoms with van der Waals surface area (Å²) in [5, 5.41) is 0. The zero-order chi connectivity index (χ0) is 13.5. The van der Waals surface area contributed by atoms with Gasteiger partial charge in [0.15, 0.2) is 0 Å². The number of hydrogen-bond acceptors (Lipinski definition) is 3. The van der Waals surface area contributed by atoms with Gasteiger partial charge >= 0.3 is 0 Å². The first-order valence-corrected chi connectivity index (χ1v) is 6.64. The van der Waals surface area contributed by atoms with E-state index < -0.39 is 7.59 Å². The summed E-state index contributed by atoms with van der Waals surface area (Å²) in [5.74, 6) is 0. The van der Waals surface area contributed by atoms with Crippen LogP contribution in [0.5, 0.6) is 0 Å². The topological polar surface area (TPSA) is 45.3 Å². The first kappa shape index (κ1) is 16.2. The standard InChI is InChI=1S/C6H18N3OP.C4H4O2/c1-7(2)11(10,8(3)4)9(5)6;1-2-6-4-3-5-1/h1-6H3;1-4H. The van der Waals surface area contributed by atoms with Crippen molar-refractivity contribution < 1.29 is 14.0 Å². The Balaban J connectivity index is 0.000000354. The summed E-state index contributed by atoms with van der Waals surface area (Å²) in [6, 6.07) is 0. The molecule has 0 aromatic heterocycles. The van der Waals surface area contributed by atoms with E-state index in [1.807, 2.05) is 42.3 Å². The van der Waals surface area contributed by atoms with Crippen LogP contribution in [-0.2, 0) is 14.0 Å². The zero-order valence-corrected chi connectivity index (χ0v) is 12.2. The number of hydrogen-bond donors (Lipinski definition) is 0.